The second-order valence-corrected chi connectivity index (χ2v) is 7.55. The van der Waals surface area contributed by atoms with E-state index in [9.17, 15) is 105 Å². The van der Waals surface area contributed by atoms with E-state index in [2.05, 4.69) is 0 Å². The molecule has 39 heavy (non-hydrogen) atoms. The fourth-order valence-corrected chi connectivity index (χ4v) is 2.10. The van der Waals surface area contributed by atoms with E-state index in [4.69, 9.17) is 0 Å². The fraction of sp³-hybridized carbons (Fsp3) is 0.818. The molecule has 0 radical (unpaired) electrons. The van der Waals surface area contributed by atoms with Crippen LogP contribution in [0.25, 0.3) is 0 Å². The van der Waals surface area contributed by atoms with Crippen molar-refractivity contribution in [3.63, 3.8) is 0 Å². The van der Waals surface area contributed by atoms with E-state index < -0.39 is 75.4 Å². The Morgan fingerprint density at radius 1 is 0.564 bits per heavy atom. The largest absolute Gasteiger partial charge is 1.00 e. The first-order valence-electron chi connectivity index (χ1n) is 7.49. The summed E-state index contributed by atoms with van der Waals surface area (Å²) in [5.74, 6) is -44.1. The Morgan fingerprint density at radius 2 is 0.897 bits per heavy atom. The summed E-state index contributed by atoms with van der Waals surface area (Å²) in [6.07, 6.45) is -28.9. The molecule has 0 rings (SSSR count). The summed E-state index contributed by atoms with van der Waals surface area (Å²) < 4.78 is 305. The number of rotatable bonds is 11. The van der Waals surface area contributed by atoms with Crippen molar-refractivity contribution in [2.24, 2.45) is 0 Å². The van der Waals surface area contributed by atoms with Crippen LogP contribution in [0.15, 0.2) is 12.1 Å². The zero-order valence-electron chi connectivity index (χ0n) is 16.9. The van der Waals surface area contributed by atoms with Gasteiger partial charge in [-0.1, -0.05) is 0 Å². The zero-order chi connectivity index (χ0) is 31.6. The van der Waals surface area contributed by atoms with Crippen molar-refractivity contribution in [2.45, 2.75) is 53.2 Å². The van der Waals surface area contributed by atoms with Gasteiger partial charge in [0.25, 0.3) is 0 Å². The molecule has 0 amide bonds. The van der Waals surface area contributed by atoms with Crippen molar-refractivity contribution in [3.8, 4) is 0 Å². The minimum Gasteiger partial charge on any atom is -0.743 e. The van der Waals surface area contributed by atoms with Crippen LogP contribution in [0.5, 0.6) is 0 Å². The summed E-state index contributed by atoms with van der Waals surface area (Å²) in [5.41, 5.74) is 0. The molecule has 0 bridgehead atoms. The smallest absolute Gasteiger partial charge is 0.743 e. The van der Waals surface area contributed by atoms with E-state index >= 15 is 0 Å². The van der Waals surface area contributed by atoms with Gasteiger partial charge in [0.1, 0.15) is 0 Å². The van der Waals surface area contributed by atoms with E-state index in [1.54, 1.807) is 4.74 Å². The van der Waals surface area contributed by atoms with Crippen LogP contribution in [0.4, 0.5) is 92.2 Å². The molecule has 0 aromatic rings. The Hall–Kier alpha value is -1.46. The molecule has 1 unspecified atom stereocenters. The minimum absolute atomic E-state index is 0. The number of hydrogen-bond donors (Lipinski definition) is 0. The second kappa shape index (κ2) is 10.4. The molecule has 228 valence electrons. The first-order valence-corrected chi connectivity index (χ1v) is 8.90. The summed E-state index contributed by atoms with van der Waals surface area (Å²) in [7, 11) is -8.31. The fourth-order valence-electron chi connectivity index (χ4n) is 1.66. The third-order valence-electron chi connectivity index (χ3n) is 3.60. The van der Waals surface area contributed by atoms with Gasteiger partial charge in [0.2, 0.25) is 0 Å². The maximum Gasteiger partial charge on any atom is 1.00 e. The van der Waals surface area contributed by atoms with E-state index in [-0.39, 0.29) is 18.9 Å². The summed E-state index contributed by atoms with van der Waals surface area (Å²) in [5, 5.41) is -8.11. The SMILES string of the molecule is O=S(=O)([O-])C(F)(F)C(F)(F)C(F)(F)C(F)(F)C(F)(F)C(F)(F)OC(F)(C(F)(F)F)C(F)(F)OC(F)=C(F)F.[Li+]. The van der Waals surface area contributed by atoms with E-state index in [1.807, 2.05) is 0 Å². The zero-order valence-corrected chi connectivity index (χ0v) is 17.7. The first kappa shape index (κ1) is 39.7. The number of ether oxygens (including phenoxy) is 2. The predicted octanol–water partition coefficient (Wildman–Crippen LogP) is 3.15. The molecule has 0 heterocycles. The molecule has 0 saturated heterocycles. The van der Waals surface area contributed by atoms with Crippen LogP contribution in [-0.2, 0) is 19.6 Å². The maximum absolute atomic E-state index is 13.7. The van der Waals surface area contributed by atoms with Crippen LogP contribution < -0.4 is 18.9 Å². The molecule has 0 aromatic heterocycles. The Bertz CT molecular complexity index is 1030. The van der Waals surface area contributed by atoms with Crippen LogP contribution in [0.2, 0.25) is 0 Å². The minimum atomic E-state index is -9.11. The van der Waals surface area contributed by atoms with Gasteiger partial charge in [0, 0.05) is 0 Å². The van der Waals surface area contributed by atoms with Gasteiger partial charge in [-0.15, -0.1) is 0 Å². The average Bonchev–Trinajstić information content (AvgIpc) is 2.64. The van der Waals surface area contributed by atoms with Gasteiger partial charge in [-0.2, -0.15) is 92.2 Å². The van der Waals surface area contributed by atoms with Gasteiger partial charge in [-0.3, -0.25) is 4.74 Å². The van der Waals surface area contributed by atoms with Crippen LogP contribution >= 0.6 is 0 Å². The van der Waals surface area contributed by atoms with E-state index in [0.29, 0.717) is 0 Å². The Kier molecular flexibility index (Phi) is 10.6. The molecule has 0 aliphatic carbocycles. The van der Waals surface area contributed by atoms with Gasteiger partial charge in [-0.25, -0.2) is 8.42 Å². The van der Waals surface area contributed by atoms with Gasteiger partial charge >= 0.3 is 84.1 Å². The van der Waals surface area contributed by atoms with Crippen molar-refractivity contribution < 1.29 is 134 Å². The number of halogens is 21. The van der Waals surface area contributed by atoms with E-state index in [0.717, 1.165) is 4.74 Å². The van der Waals surface area contributed by atoms with Crippen LogP contribution in [0, 0.1) is 0 Å². The monoisotopic (exact) mass is 650 g/mol. The average molecular weight is 650 g/mol. The molecule has 0 aliphatic heterocycles. The normalized spacial score (nSPS) is 16.8. The molecule has 0 aliphatic rings. The predicted molar refractivity (Wildman–Crippen MR) is 66.7 cm³/mol. The molecule has 0 N–H and O–H groups in total. The van der Waals surface area contributed by atoms with Crippen molar-refractivity contribution in [1.29, 1.82) is 0 Å². The van der Waals surface area contributed by atoms with Crippen molar-refractivity contribution in [3.05, 3.63) is 12.1 Å². The molecule has 0 saturated carbocycles. The molecule has 28 heteroatoms. The quantitative estimate of drug-likeness (QED) is 0.149. The second-order valence-electron chi connectivity index (χ2n) is 6.13. The third kappa shape index (κ3) is 5.96. The maximum atomic E-state index is 13.7. The number of hydrogen-bond acceptors (Lipinski definition) is 5. The van der Waals surface area contributed by atoms with Crippen molar-refractivity contribution in [1.82, 2.24) is 0 Å². The molecule has 0 aromatic carbocycles. The Morgan fingerprint density at radius 3 is 1.18 bits per heavy atom. The van der Waals surface area contributed by atoms with Gasteiger partial charge in [0.05, 0.1) is 0 Å². The topological polar surface area (TPSA) is 75.7 Å². The van der Waals surface area contributed by atoms with Crippen LogP contribution in [-0.4, -0.2) is 66.2 Å². The Labute approximate surface area is 209 Å². The van der Waals surface area contributed by atoms with Crippen molar-refractivity contribution >= 4 is 10.1 Å². The van der Waals surface area contributed by atoms with Crippen LogP contribution in [0.3, 0.4) is 0 Å². The third-order valence-corrected chi connectivity index (χ3v) is 4.49. The van der Waals surface area contributed by atoms with Crippen LogP contribution in [0.1, 0.15) is 0 Å². The van der Waals surface area contributed by atoms with Gasteiger partial charge in [-0.05, 0) is 0 Å². The van der Waals surface area contributed by atoms with Gasteiger partial charge in [0.15, 0.2) is 10.1 Å². The summed E-state index contributed by atoms with van der Waals surface area (Å²) in [6, 6.07) is -4.32. The molecule has 0 fully saturated rings. The Balaban J connectivity index is 0. The van der Waals surface area contributed by atoms with E-state index in [1.165, 1.54) is 0 Å². The molecule has 0 spiro atoms. The number of alkyl halides is 18. The molecule has 1 atom stereocenters. The summed E-state index contributed by atoms with van der Waals surface area (Å²) >= 11 is 0. The standard InChI is InChI=1S/C11HF21O5S.Li/c12-1(13)2(14)36-10(29,30)7(23,8(24,25)26)37-9(27,28)5(19,20)3(15,16)4(17,18)6(21,22)11(31,32)38(33,34)35;/h(H,33,34,35);/q;+1/p-1. The van der Waals surface area contributed by atoms with Gasteiger partial charge < -0.3 is 9.29 Å². The molecular weight excluding hydrogens is 650 g/mol. The molecular formula is C11F21LiO5S. The summed E-state index contributed by atoms with van der Waals surface area (Å²) in [6.45, 7) is 0. The van der Waals surface area contributed by atoms with Crippen molar-refractivity contribution in [2.75, 3.05) is 0 Å². The first-order chi connectivity index (χ1) is 16.0. The summed E-state index contributed by atoms with van der Waals surface area (Å²) in [4.78, 5) is 0. The molecule has 5 nitrogen and oxygen atoms in total.